The van der Waals surface area contributed by atoms with Crippen molar-refractivity contribution >= 4 is 22.6 Å². The first-order chi connectivity index (χ1) is 8.83. The Labute approximate surface area is 110 Å². The average Bonchev–Trinajstić information content (AvgIpc) is 2.84. The molecule has 0 saturated carbocycles. The molecule has 0 fully saturated rings. The molecule has 18 heavy (non-hydrogen) atoms. The first-order valence-electron chi connectivity index (χ1n) is 5.85. The van der Waals surface area contributed by atoms with E-state index in [4.69, 9.17) is 16.0 Å². The second kappa shape index (κ2) is 4.83. The van der Waals surface area contributed by atoms with Crippen LogP contribution in [-0.4, -0.2) is 4.98 Å². The molecule has 3 rings (SSSR count). The lowest BCUT2D eigenvalue weighted by Crippen LogP contribution is -1.96. The Bertz CT molecular complexity index is 615. The van der Waals surface area contributed by atoms with Crippen molar-refractivity contribution < 1.29 is 4.42 Å². The summed E-state index contributed by atoms with van der Waals surface area (Å²) in [6.07, 6.45) is 2.44. The SMILES string of the molecule is ClC(Cc1ccccn1)c1cc2ccccc2o1. The Balaban J connectivity index is 1.86. The van der Waals surface area contributed by atoms with Crippen LogP contribution in [0.25, 0.3) is 11.0 Å². The maximum absolute atomic E-state index is 6.38. The maximum Gasteiger partial charge on any atom is 0.134 e. The Hall–Kier alpha value is -1.80. The highest BCUT2D eigenvalue weighted by atomic mass is 35.5. The number of aromatic nitrogens is 1. The fourth-order valence-corrected chi connectivity index (χ4v) is 2.23. The molecule has 2 nitrogen and oxygen atoms in total. The zero-order valence-corrected chi connectivity index (χ0v) is 10.5. The van der Waals surface area contributed by atoms with Crippen molar-refractivity contribution in [1.82, 2.24) is 4.98 Å². The molecule has 0 radical (unpaired) electrons. The fraction of sp³-hybridized carbons (Fsp3) is 0.133. The zero-order valence-electron chi connectivity index (χ0n) is 9.71. The normalized spacial score (nSPS) is 12.7. The summed E-state index contributed by atoms with van der Waals surface area (Å²) < 4.78 is 5.74. The standard InChI is InChI=1S/C15H12ClNO/c16-13(10-12-6-3-4-8-17-12)15-9-11-5-1-2-7-14(11)18-15/h1-9,13H,10H2. The number of para-hydroxylation sites is 1. The van der Waals surface area contributed by atoms with Crippen molar-refractivity contribution in [3.63, 3.8) is 0 Å². The maximum atomic E-state index is 6.38. The van der Waals surface area contributed by atoms with Gasteiger partial charge in [0.15, 0.2) is 0 Å². The summed E-state index contributed by atoms with van der Waals surface area (Å²) in [6.45, 7) is 0. The van der Waals surface area contributed by atoms with E-state index in [9.17, 15) is 0 Å². The predicted molar refractivity (Wildman–Crippen MR) is 72.7 cm³/mol. The Morgan fingerprint density at radius 2 is 1.94 bits per heavy atom. The second-order valence-corrected chi connectivity index (χ2v) is 4.71. The summed E-state index contributed by atoms with van der Waals surface area (Å²) in [4.78, 5) is 4.27. The zero-order chi connectivity index (χ0) is 12.4. The average molecular weight is 258 g/mol. The van der Waals surface area contributed by atoms with Crippen LogP contribution in [0.1, 0.15) is 16.8 Å². The van der Waals surface area contributed by atoms with Crippen molar-refractivity contribution in [3.05, 3.63) is 66.2 Å². The summed E-state index contributed by atoms with van der Waals surface area (Å²) in [5.74, 6) is 0.795. The van der Waals surface area contributed by atoms with Crippen molar-refractivity contribution in [2.45, 2.75) is 11.8 Å². The van der Waals surface area contributed by atoms with Crippen LogP contribution in [0.2, 0.25) is 0 Å². The molecular formula is C15H12ClNO. The smallest absolute Gasteiger partial charge is 0.134 e. The Morgan fingerprint density at radius 3 is 2.72 bits per heavy atom. The largest absolute Gasteiger partial charge is 0.459 e. The van der Waals surface area contributed by atoms with Gasteiger partial charge in [-0.2, -0.15) is 0 Å². The van der Waals surface area contributed by atoms with Crippen LogP contribution in [0, 0.1) is 0 Å². The highest BCUT2D eigenvalue weighted by Gasteiger charge is 2.14. The van der Waals surface area contributed by atoms with Gasteiger partial charge in [-0.1, -0.05) is 24.3 Å². The minimum absolute atomic E-state index is 0.188. The van der Waals surface area contributed by atoms with E-state index in [1.807, 2.05) is 48.5 Å². The summed E-state index contributed by atoms with van der Waals surface area (Å²) in [5, 5.41) is 0.895. The first-order valence-corrected chi connectivity index (χ1v) is 6.29. The van der Waals surface area contributed by atoms with Crippen molar-refractivity contribution in [3.8, 4) is 0 Å². The lowest BCUT2D eigenvalue weighted by atomic mass is 10.1. The molecule has 1 aromatic carbocycles. The highest BCUT2D eigenvalue weighted by molar-refractivity contribution is 6.20. The molecule has 0 N–H and O–H groups in total. The number of halogens is 1. The van der Waals surface area contributed by atoms with E-state index in [2.05, 4.69) is 4.98 Å². The topological polar surface area (TPSA) is 26.0 Å². The summed E-state index contributed by atoms with van der Waals surface area (Å²) in [6, 6.07) is 15.7. The lowest BCUT2D eigenvalue weighted by Gasteiger charge is -2.04. The van der Waals surface area contributed by atoms with Gasteiger partial charge in [-0.15, -0.1) is 11.6 Å². The van der Waals surface area contributed by atoms with E-state index < -0.39 is 0 Å². The van der Waals surface area contributed by atoms with Gasteiger partial charge >= 0.3 is 0 Å². The Morgan fingerprint density at radius 1 is 1.11 bits per heavy atom. The van der Waals surface area contributed by atoms with Crippen LogP contribution in [0.15, 0.2) is 59.1 Å². The van der Waals surface area contributed by atoms with Crippen LogP contribution >= 0.6 is 11.6 Å². The minimum atomic E-state index is -0.188. The molecular weight excluding hydrogens is 246 g/mol. The van der Waals surface area contributed by atoms with Gasteiger partial charge in [0.05, 0.1) is 5.38 Å². The van der Waals surface area contributed by atoms with E-state index in [0.717, 1.165) is 22.4 Å². The third-order valence-electron chi connectivity index (χ3n) is 2.87. The number of furan rings is 1. The number of fused-ring (bicyclic) bond motifs is 1. The third kappa shape index (κ3) is 2.24. The number of nitrogens with zero attached hydrogens (tertiary/aromatic N) is 1. The number of hydrogen-bond acceptors (Lipinski definition) is 2. The second-order valence-electron chi connectivity index (χ2n) is 4.18. The summed E-state index contributed by atoms with van der Waals surface area (Å²) >= 11 is 6.38. The van der Waals surface area contributed by atoms with Gasteiger partial charge in [0.25, 0.3) is 0 Å². The molecule has 0 saturated heterocycles. The van der Waals surface area contributed by atoms with Gasteiger partial charge < -0.3 is 4.42 Å². The van der Waals surface area contributed by atoms with Crippen molar-refractivity contribution in [2.75, 3.05) is 0 Å². The van der Waals surface area contributed by atoms with E-state index in [1.165, 1.54) is 0 Å². The fourth-order valence-electron chi connectivity index (χ4n) is 1.96. The number of pyridine rings is 1. The number of rotatable bonds is 3. The molecule has 0 aliphatic heterocycles. The Kier molecular flexibility index (Phi) is 3.03. The molecule has 2 aromatic heterocycles. The van der Waals surface area contributed by atoms with Crippen LogP contribution < -0.4 is 0 Å². The van der Waals surface area contributed by atoms with E-state index in [1.54, 1.807) is 6.20 Å². The van der Waals surface area contributed by atoms with Gasteiger partial charge in [-0.05, 0) is 24.3 Å². The van der Waals surface area contributed by atoms with Gasteiger partial charge in [0.2, 0.25) is 0 Å². The monoisotopic (exact) mass is 257 g/mol. The quantitative estimate of drug-likeness (QED) is 0.652. The van der Waals surface area contributed by atoms with Gasteiger partial charge in [0, 0.05) is 23.7 Å². The van der Waals surface area contributed by atoms with Gasteiger partial charge in [-0.25, -0.2) is 0 Å². The predicted octanol–water partition coefficient (Wildman–Crippen LogP) is 4.35. The third-order valence-corrected chi connectivity index (χ3v) is 3.24. The summed E-state index contributed by atoms with van der Waals surface area (Å²) in [7, 11) is 0. The summed E-state index contributed by atoms with van der Waals surface area (Å²) in [5.41, 5.74) is 1.84. The molecule has 90 valence electrons. The number of benzene rings is 1. The molecule has 1 atom stereocenters. The molecule has 2 heterocycles. The van der Waals surface area contributed by atoms with Crippen LogP contribution in [0.3, 0.4) is 0 Å². The van der Waals surface area contributed by atoms with Gasteiger partial charge in [0.1, 0.15) is 11.3 Å². The van der Waals surface area contributed by atoms with Crippen LogP contribution in [0.5, 0.6) is 0 Å². The number of hydrogen-bond donors (Lipinski definition) is 0. The molecule has 0 spiro atoms. The van der Waals surface area contributed by atoms with E-state index in [0.29, 0.717) is 6.42 Å². The minimum Gasteiger partial charge on any atom is -0.459 e. The molecule has 3 heteroatoms. The molecule has 0 aliphatic carbocycles. The molecule has 0 aliphatic rings. The molecule has 1 unspecified atom stereocenters. The van der Waals surface area contributed by atoms with E-state index >= 15 is 0 Å². The molecule has 3 aromatic rings. The van der Waals surface area contributed by atoms with Crippen LogP contribution in [0.4, 0.5) is 0 Å². The van der Waals surface area contributed by atoms with Crippen LogP contribution in [-0.2, 0) is 6.42 Å². The van der Waals surface area contributed by atoms with Crippen molar-refractivity contribution in [1.29, 1.82) is 0 Å². The van der Waals surface area contributed by atoms with Crippen molar-refractivity contribution in [2.24, 2.45) is 0 Å². The molecule has 0 amide bonds. The first kappa shape index (κ1) is 11.3. The van der Waals surface area contributed by atoms with Gasteiger partial charge in [-0.3, -0.25) is 4.98 Å². The van der Waals surface area contributed by atoms with E-state index in [-0.39, 0.29) is 5.38 Å². The molecule has 0 bridgehead atoms. The highest BCUT2D eigenvalue weighted by Crippen LogP contribution is 2.29. The lowest BCUT2D eigenvalue weighted by molar-refractivity contribution is 0.538. The number of alkyl halides is 1.